The second kappa shape index (κ2) is 9.80. The van der Waals surface area contributed by atoms with Gasteiger partial charge in [-0.25, -0.2) is 0 Å². The van der Waals surface area contributed by atoms with Gasteiger partial charge in [0.15, 0.2) is 0 Å². The molecule has 2 spiro atoms. The van der Waals surface area contributed by atoms with Crippen LogP contribution in [0.3, 0.4) is 0 Å². The molecule has 1 aliphatic carbocycles. The van der Waals surface area contributed by atoms with Crippen molar-refractivity contribution in [3.63, 3.8) is 0 Å². The van der Waals surface area contributed by atoms with E-state index in [1.807, 2.05) is 23.1 Å². The lowest BCUT2D eigenvalue weighted by Gasteiger charge is -2.59. The highest BCUT2D eigenvalue weighted by Crippen LogP contribution is 2.51. The van der Waals surface area contributed by atoms with Crippen LogP contribution < -0.4 is 15.4 Å². The molecular weight excluding hydrogens is 546 g/mol. The number of para-hydroxylation sites is 1. The van der Waals surface area contributed by atoms with Crippen LogP contribution in [0.25, 0.3) is 0 Å². The van der Waals surface area contributed by atoms with Gasteiger partial charge >= 0.3 is 0 Å². The summed E-state index contributed by atoms with van der Waals surface area (Å²) in [6.07, 6.45) is 4.62. The summed E-state index contributed by atoms with van der Waals surface area (Å²) >= 11 is 0. The lowest BCUT2D eigenvalue weighted by atomic mass is 9.60. The number of piperidine rings is 2. The summed E-state index contributed by atoms with van der Waals surface area (Å²) in [5.41, 5.74) is 3.93. The predicted molar refractivity (Wildman–Crippen MR) is 157 cm³/mol. The molecule has 4 amide bonds. The smallest absolute Gasteiger partial charge is 0.255 e. The molecule has 2 aromatic rings. The number of fused-ring (bicyclic) bond motifs is 4. The Morgan fingerprint density at radius 2 is 1.79 bits per heavy atom. The lowest BCUT2D eigenvalue weighted by molar-refractivity contribution is -0.152. The zero-order valence-electron chi connectivity index (χ0n) is 24.3. The largest absolute Gasteiger partial charge is 0.492 e. The number of nitrogens with zero attached hydrogens (tertiary/aromatic N) is 3. The number of nitrogens with one attached hydrogen (secondary N) is 2. The molecule has 5 aliphatic heterocycles. The van der Waals surface area contributed by atoms with Gasteiger partial charge in [0.1, 0.15) is 11.8 Å². The zero-order valence-corrected chi connectivity index (χ0v) is 24.3. The summed E-state index contributed by atoms with van der Waals surface area (Å²) in [5.74, 6) is 0.147. The second-order valence-electron chi connectivity index (χ2n) is 13.6. The van der Waals surface area contributed by atoms with Gasteiger partial charge in [-0.1, -0.05) is 24.3 Å². The van der Waals surface area contributed by atoms with Crippen LogP contribution >= 0.6 is 0 Å². The molecule has 2 aromatic carbocycles. The molecule has 0 aromatic heterocycles. The van der Waals surface area contributed by atoms with E-state index in [1.54, 1.807) is 4.90 Å². The first-order chi connectivity index (χ1) is 20.8. The Labute approximate surface area is 250 Å². The maximum atomic E-state index is 13.2. The van der Waals surface area contributed by atoms with Gasteiger partial charge in [0.05, 0.1) is 19.7 Å². The Kier molecular flexibility index (Phi) is 6.08. The summed E-state index contributed by atoms with van der Waals surface area (Å²) in [6.45, 7) is 4.75. The van der Waals surface area contributed by atoms with Crippen LogP contribution in [0.5, 0.6) is 5.75 Å². The van der Waals surface area contributed by atoms with Gasteiger partial charge in [-0.05, 0) is 63.4 Å². The van der Waals surface area contributed by atoms with Crippen molar-refractivity contribution in [2.24, 2.45) is 5.41 Å². The number of likely N-dealkylation sites (tertiary alicyclic amines) is 2. The van der Waals surface area contributed by atoms with Crippen molar-refractivity contribution in [3.8, 4) is 5.75 Å². The van der Waals surface area contributed by atoms with Gasteiger partial charge in [-0.3, -0.25) is 29.4 Å². The van der Waals surface area contributed by atoms with Gasteiger partial charge in [0.25, 0.3) is 5.91 Å². The highest BCUT2D eigenvalue weighted by atomic mass is 16.5. The third-order valence-corrected chi connectivity index (χ3v) is 10.8. The van der Waals surface area contributed by atoms with Crippen LogP contribution in [0.2, 0.25) is 0 Å². The van der Waals surface area contributed by atoms with E-state index in [1.165, 1.54) is 5.69 Å². The molecule has 224 valence electrons. The van der Waals surface area contributed by atoms with E-state index < -0.39 is 11.9 Å². The van der Waals surface area contributed by atoms with E-state index in [-0.39, 0.29) is 29.6 Å². The highest BCUT2D eigenvalue weighted by Gasteiger charge is 2.54. The number of rotatable bonds is 5. The number of hydrogen-bond acceptors (Lipinski definition) is 7. The SMILES string of the molecule is O=C1CCC(N2Cc3c(ccc4c3OCC43CCN(CC(=O)N4CC5(CC(Nc6ccccc6)C5)C4)CC3)C2=O)C(=O)N1. The van der Waals surface area contributed by atoms with Crippen molar-refractivity contribution in [1.29, 1.82) is 0 Å². The van der Waals surface area contributed by atoms with Crippen molar-refractivity contribution in [1.82, 2.24) is 20.0 Å². The average Bonchev–Trinajstić information content (AvgIpc) is 3.49. The lowest BCUT2D eigenvalue weighted by Crippen LogP contribution is -2.67. The first kappa shape index (κ1) is 26.7. The van der Waals surface area contributed by atoms with Crippen molar-refractivity contribution < 1.29 is 23.9 Å². The molecule has 6 aliphatic rings. The van der Waals surface area contributed by atoms with E-state index in [4.69, 9.17) is 4.74 Å². The summed E-state index contributed by atoms with van der Waals surface area (Å²) in [6, 6.07) is 14.1. The van der Waals surface area contributed by atoms with Crippen LogP contribution in [0.4, 0.5) is 5.69 Å². The van der Waals surface area contributed by atoms with Gasteiger partial charge < -0.3 is 19.9 Å². The minimum absolute atomic E-state index is 0.122. The van der Waals surface area contributed by atoms with Gasteiger partial charge in [0.2, 0.25) is 17.7 Å². The van der Waals surface area contributed by atoms with E-state index in [0.29, 0.717) is 43.1 Å². The number of hydrogen-bond donors (Lipinski definition) is 2. The number of amides is 4. The molecule has 5 heterocycles. The fourth-order valence-electron chi connectivity index (χ4n) is 8.38. The number of carbonyl (C=O) groups is 4. The second-order valence-corrected chi connectivity index (χ2v) is 13.6. The van der Waals surface area contributed by atoms with Crippen molar-refractivity contribution >= 4 is 29.3 Å². The third kappa shape index (κ3) is 4.41. The monoisotopic (exact) mass is 583 g/mol. The van der Waals surface area contributed by atoms with Gasteiger partial charge in [-0.15, -0.1) is 0 Å². The standard InChI is InChI=1S/C33H37N5O5/c39-27-9-8-26(30(41)35-27)38-16-24-23(31(38)42)6-7-25-29(24)43-20-33(25)10-12-36(13-11-33)17-28(40)37-18-32(19-37)14-22(15-32)34-21-4-2-1-3-5-21/h1-7,22,26,34H,8-20H2,(H,35,39,41). The van der Waals surface area contributed by atoms with Crippen LogP contribution in [0, 0.1) is 5.41 Å². The number of benzene rings is 2. The Balaban J connectivity index is 0.852. The van der Waals surface area contributed by atoms with E-state index >= 15 is 0 Å². The molecule has 4 fully saturated rings. The van der Waals surface area contributed by atoms with Crippen molar-refractivity contribution in [2.75, 3.05) is 44.6 Å². The van der Waals surface area contributed by atoms with Crippen LogP contribution in [-0.2, 0) is 26.3 Å². The van der Waals surface area contributed by atoms with E-state index in [9.17, 15) is 19.2 Å². The molecule has 10 nitrogen and oxygen atoms in total. The minimum atomic E-state index is -0.637. The number of imide groups is 1. The molecule has 43 heavy (non-hydrogen) atoms. The van der Waals surface area contributed by atoms with E-state index in [2.05, 4.69) is 39.8 Å². The third-order valence-electron chi connectivity index (χ3n) is 10.8. The summed E-state index contributed by atoms with van der Waals surface area (Å²) in [7, 11) is 0. The summed E-state index contributed by atoms with van der Waals surface area (Å²) in [4.78, 5) is 56.3. The predicted octanol–water partition coefficient (Wildman–Crippen LogP) is 2.28. The molecule has 2 N–H and O–H groups in total. The van der Waals surface area contributed by atoms with E-state index in [0.717, 1.165) is 68.7 Å². The first-order valence-electron chi connectivity index (χ1n) is 15.6. The fraction of sp³-hybridized carbons (Fsp3) is 0.515. The Morgan fingerprint density at radius 3 is 2.53 bits per heavy atom. The maximum Gasteiger partial charge on any atom is 0.255 e. The molecule has 1 atom stereocenters. The molecule has 1 saturated carbocycles. The Hall–Kier alpha value is -3.92. The number of carbonyl (C=O) groups excluding carboxylic acids is 4. The fourth-order valence-corrected chi connectivity index (χ4v) is 8.38. The average molecular weight is 584 g/mol. The normalized spacial score (nSPS) is 25.6. The van der Waals surface area contributed by atoms with Gasteiger partial charge in [-0.2, -0.15) is 0 Å². The first-order valence-corrected chi connectivity index (χ1v) is 15.6. The molecule has 0 radical (unpaired) electrons. The zero-order chi connectivity index (χ0) is 29.3. The summed E-state index contributed by atoms with van der Waals surface area (Å²) < 4.78 is 6.30. The Bertz CT molecular complexity index is 1500. The quantitative estimate of drug-likeness (QED) is 0.520. The molecule has 1 unspecified atom stereocenters. The van der Waals surface area contributed by atoms with Gasteiger partial charge in [0, 0.05) is 58.8 Å². The van der Waals surface area contributed by atoms with Crippen molar-refractivity contribution in [3.05, 3.63) is 59.2 Å². The molecular formula is C33H37N5O5. The minimum Gasteiger partial charge on any atom is -0.492 e. The van der Waals surface area contributed by atoms with Crippen molar-refractivity contribution in [2.45, 2.75) is 62.6 Å². The molecule has 3 saturated heterocycles. The Morgan fingerprint density at radius 1 is 1.02 bits per heavy atom. The highest BCUT2D eigenvalue weighted by molar-refractivity contribution is 6.05. The molecule has 10 heteroatoms. The molecule has 0 bridgehead atoms. The topological polar surface area (TPSA) is 111 Å². The van der Waals surface area contributed by atoms with Crippen LogP contribution in [0.1, 0.15) is 60.0 Å². The summed E-state index contributed by atoms with van der Waals surface area (Å²) in [5, 5.41) is 5.98. The van der Waals surface area contributed by atoms with Crippen LogP contribution in [0.15, 0.2) is 42.5 Å². The molecule has 8 rings (SSSR count). The number of anilines is 1. The maximum absolute atomic E-state index is 13.2. The van der Waals surface area contributed by atoms with Crippen LogP contribution in [-0.4, -0.2) is 89.7 Å². The number of ether oxygens (including phenoxy) is 1.